The lowest BCUT2D eigenvalue weighted by molar-refractivity contribution is -0.483. The van der Waals surface area contributed by atoms with Gasteiger partial charge in [-0.15, -0.1) is 0 Å². The summed E-state index contributed by atoms with van der Waals surface area (Å²) in [5.74, 6) is -6.05. The Kier molecular flexibility index (Phi) is 5.45. The SMILES string of the molecule is FC(F)(F)COC(OCC(F)(F)F)(C(F)(F)F)C(F)(F)F. The zero-order valence-corrected chi connectivity index (χ0v) is 9.27. The Morgan fingerprint density at radius 3 is 0.857 bits per heavy atom. The van der Waals surface area contributed by atoms with Gasteiger partial charge in [0, 0.05) is 0 Å². The van der Waals surface area contributed by atoms with Crippen molar-refractivity contribution >= 4 is 0 Å². The zero-order chi connectivity index (χ0) is 17.3. The first-order valence-corrected chi connectivity index (χ1v) is 4.46. The van der Waals surface area contributed by atoms with Gasteiger partial charge in [0.05, 0.1) is 0 Å². The largest absolute Gasteiger partial charge is 0.453 e. The third kappa shape index (κ3) is 5.76. The summed E-state index contributed by atoms with van der Waals surface area (Å²) in [6.45, 7) is -6.24. The first-order chi connectivity index (χ1) is 8.91. The minimum atomic E-state index is -6.73. The van der Waals surface area contributed by atoms with Gasteiger partial charge in [0.25, 0.3) is 0 Å². The molecular weight excluding hydrogens is 344 g/mol. The molecular formula is C7H4F12O2. The van der Waals surface area contributed by atoms with Crippen molar-refractivity contribution in [1.82, 2.24) is 0 Å². The first-order valence-electron chi connectivity index (χ1n) is 4.46. The summed E-state index contributed by atoms with van der Waals surface area (Å²) < 4.78 is 149. The molecule has 0 aromatic rings. The number of hydrogen-bond donors (Lipinski definition) is 0. The van der Waals surface area contributed by atoms with Gasteiger partial charge in [-0.2, -0.15) is 52.7 Å². The van der Waals surface area contributed by atoms with E-state index in [1.165, 1.54) is 0 Å². The van der Waals surface area contributed by atoms with Crippen LogP contribution in [0.15, 0.2) is 0 Å². The molecule has 0 aromatic heterocycles. The molecule has 0 fully saturated rings. The van der Waals surface area contributed by atoms with Gasteiger partial charge in [0.2, 0.25) is 0 Å². The van der Waals surface area contributed by atoms with Crippen LogP contribution in [0.2, 0.25) is 0 Å². The van der Waals surface area contributed by atoms with Gasteiger partial charge in [0.15, 0.2) is 0 Å². The van der Waals surface area contributed by atoms with E-state index in [2.05, 4.69) is 9.47 Å². The van der Waals surface area contributed by atoms with Gasteiger partial charge in [-0.1, -0.05) is 0 Å². The van der Waals surface area contributed by atoms with E-state index in [1.54, 1.807) is 0 Å². The molecule has 128 valence electrons. The Balaban J connectivity index is 5.57. The van der Waals surface area contributed by atoms with Crippen molar-refractivity contribution in [2.45, 2.75) is 30.5 Å². The van der Waals surface area contributed by atoms with Crippen LogP contribution in [-0.4, -0.2) is 43.7 Å². The highest BCUT2D eigenvalue weighted by Gasteiger charge is 2.75. The van der Waals surface area contributed by atoms with E-state index in [1.807, 2.05) is 0 Å². The highest BCUT2D eigenvalue weighted by Crippen LogP contribution is 2.48. The van der Waals surface area contributed by atoms with E-state index in [9.17, 15) is 52.7 Å². The molecule has 0 aliphatic rings. The third-order valence-electron chi connectivity index (χ3n) is 1.62. The van der Waals surface area contributed by atoms with Crippen LogP contribution in [0.4, 0.5) is 52.7 Å². The van der Waals surface area contributed by atoms with Crippen molar-refractivity contribution in [2.75, 3.05) is 13.2 Å². The number of hydrogen-bond acceptors (Lipinski definition) is 2. The molecule has 0 heterocycles. The fourth-order valence-electron chi connectivity index (χ4n) is 0.897. The second kappa shape index (κ2) is 5.70. The first kappa shape index (κ1) is 20.1. The topological polar surface area (TPSA) is 18.5 Å². The minimum absolute atomic E-state index is 2.62. The van der Waals surface area contributed by atoms with Gasteiger partial charge >= 0.3 is 30.5 Å². The summed E-state index contributed by atoms with van der Waals surface area (Å²) in [4.78, 5) is 0. The summed E-state index contributed by atoms with van der Waals surface area (Å²) in [7, 11) is 0. The maximum Gasteiger partial charge on any atom is 0.453 e. The number of alkyl halides is 12. The molecule has 0 aromatic carbocycles. The smallest absolute Gasteiger partial charge is 0.326 e. The van der Waals surface area contributed by atoms with E-state index >= 15 is 0 Å². The zero-order valence-electron chi connectivity index (χ0n) is 9.27. The molecule has 0 N–H and O–H groups in total. The number of ether oxygens (including phenoxy) is 2. The lowest BCUT2D eigenvalue weighted by Gasteiger charge is -2.36. The second-order valence-corrected chi connectivity index (χ2v) is 3.42. The molecule has 21 heavy (non-hydrogen) atoms. The van der Waals surface area contributed by atoms with Crippen molar-refractivity contribution in [3.8, 4) is 0 Å². The standard InChI is InChI=1S/C7H4F12O2/c8-3(9,10)1-20-5(6(14,15)16,7(17,18)19)21-2-4(11,12)13/h1-2H2. The highest BCUT2D eigenvalue weighted by atomic mass is 19.4. The lowest BCUT2D eigenvalue weighted by Crippen LogP contribution is -2.62. The third-order valence-corrected chi connectivity index (χ3v) is 1.62. The lowest BCUT2D eigenvalue weighted by atomic mass is 10.2. The maximum atomic E-state index is 12.3. The number of halogens is 12. The Hall–Kier alpha value is -0.920. The molecule has 0 radical (unpaired) electrons. The Morgan fingerprint density at radius 1 is 0.476 bits per heavy atom. The fraction of sp³-hybridized carbons (Fsp3) is 1.00. The normalized spacial score (nSPS) is 15.4. The van der Waals surface area contributed by atoms with Crippen molar-refractivity contribution in [3.63, 3.8) is 0 Å². The molecule has 0 aliphatic heterocycles. The average Bonchev–Trinajstić information content (AvgIpc) is 2.09. The van der Waals surface area contributed by atoms with Crippen molar-refractivity contribution in [2.24, 2.45) is 0 Å². The van der Waals surface area contributed by atoms with Crippen LogP contribution in [0.1, 0.15) is 0 Å². The van der Waals surface area contributed by atoms with Crippen LogP contribution in [0.3, 0.4) is 0 Å². The van der Waals surface area contributed by atoms with Crippen LogP contribution < -0.4 is 0 Å². The van der Waals surface area contributed by atoms with Gasteiger partial charge in [-0.25, -0.2) is 0 Å². The Labute approximate surface area is 107 Å². The minimum Gasteiger partial charge on any atom is -0.326 e. The molecule has 2 nitrogen and oxygen atoms in total. The van der Waals surface area contributed by atoms with Gasteiger partial charge < -0.3 is 9.47 Å². The average molecular weight is 348 g/mol. The predicted octanol–water partition coefficient (Wildman–Crippen LogP) is 3.97. The Morgan fingerprint density at radius 2 is 0.714 bits per heavy atom. The summed E-state index contributed by atoms with van der Waals surface area (Å²) in [6, 6.07) is 0. The van der Waals surface area contributed by atoms with Gasteiger partial charge in [-0.3, -0.25) is 0 Å². The van der Waals surface area contributed by atoms with Crippen LogP contribution in [0.25, 0.3) is 0 Å². The van der Waals surface area contributed by atoms with Crippen molar-refractivity contribution in [1.29, 1.82) is 0 Å². The molecule has 0 bridgehead atoms. The van der Waals surface area contributed by atoms with Crippen molar-refractivity contribution in [3.05, 3.63) is 0 Å². The van der Waals surface area contributed by atoms with Crippen LogP contribution in [-0.2, 0) is 9.47 Å². The Bertz CT molecular complexity index is 299. The second-order valence-electron chi connectivity index (χ2n) is 3.42. The highest BCUT2D eigenvalue weighted by molar-refractivity contribution is 4.88. The van der Waals surface area contributed by atoms with Gasteiger partial charge in [-0.05, 0) is 0 Å². The van der Waals surface area contributed by atoms with Gasteiger partial charge in [0.1, 0.15) is 13.2 Å². The van der Waals surface area contributed by atoms with E-state index in [-0.39, 0.29) is 0 Å². The summed E-state index contributed by atoms with van der Waals surface area (Å²) in [5.41, 5.74) is 0. The number of rotatable bonds is 4. The fourth-order valence-corrected chi connectivity index (χ4v) is 0.897. The molecule has 0 amide bonds. The van der Waals surface area contributed by atoms with E-state index in [4.69, 9.17) is 0 Å². The molecule has 0 saturated heterocycles. The summed E-state index contributed by atoms with van der Waals surface area (Å²) >= 11 is 0. The van der Waals surface area contributed by atoms with E-state index < -0.39 is 43.7 Å². The molecule has 14 heteroatoms. The molecule has 0 unspecified atom stereocenters. The van der Waals surface area contributed by atoms with Crippen molar-refractivity contribution < 1.29 is 62.2 Å². The molecule has 0 atom stereocenters. The van der Waals surface area contributed by atoms with Crippen LogP contribution in [0, 0.1) is 0 Å². The molecule has 0 spiro atoms. The van der Waals surface area contributed by atoms with E-state index in [0.717, 1.165) is 0 Å². The molecule has 0 rings (SSSR count). The summed E-state index contributed by atoms with van der Waals surface area (Å²) in [6.07, 6.45) is -24.8. The van der Waals surface area contributed by atoms with E-state index in [0.29, 0.717) is 0 Å². The molecule has 0 aliphatic carbocycles. The monoisotopic (exact) mass is 348 g/mol. The molecule has 0 saturated carbocycles. The quantitative estimate of drug-likeness (QED) is 0.566. The predicted molar refractivity (Wildman–Crippen MR) is 38.9 cm³/mol. The van der Waals surface area contributed by atoms with Crippen LogP contribution >= 0.6 is 0 Å². The maximum absolute atomic E-state index is 12.3. The summed E-state index contributed by atoms with van der Waals surface area (Å²) in [5, 5.41) is 0. The van der Waals surface area contributed by atoms with Crippen LogP contribution in [0.5, 0.6) is 0 Å².